The molecule has 1 aliphatic rings. The summed E-state index contributed by atoms with van der Waals surface area (Å²) in [4.78, 5) is 21.1. The molecule has 128 valence electrons. The second-order valence-electron chi connectivity index (χ2n) is 6.28. The van der Waals surface area contributed by atoms with Gasteiger partial charge in [0.05, 0.1) is 35.8 Å². The molecule has 4 rings (SSSR count). The first-order chi connectivity index (χ1) is 12.1. The third-order valence-corrected chi connectivity index (χ3v) is 4.47. The van der Waals surface area contributed by atoms with Gasteiger partial charge in [-0.1, -0.05) is 12.1 Å². The first-order valence-electron chi connectivity index (χ1n) is 8.30. The highest BCUT2D eigenvalue weighted by Gasteiger charge is 2.23. The minimum Gasteiger partial charge on any atom is -0.381 e. The number of aryl methyl sites for hydroxylation is 2. The molecule has 3 aromatic rings. The number of imidazole rings is 1. The summed E-state index contributed by atoms with van der Waals surface area (Å²) >= 11 is 0. The van der Waals surface area contributed by atoms with E-state index in [9.17, 15) is 4.79 Å². The fraction of sp³-hybridized carbons (Fsp3) is 0.333. The number of aromatic nitrogens is 4. The molecule has 25 heavy (non-hydrogen) atoms. The minimum absolute atomic E-state index is 0.0114. The quantitative estimate of drug-likeness (QED) is 0.793. The van der Waals surface area contributed by atoms with Gasteiger partial charge in [-0.3, -0.25) is 4.79 Å². The maximum atomic E-state index is 12.1. The van der Waals surface area contributed by atoms with Gasteiger partial charge >= 0.3 is 0 Å². The zero-order valence-electron chi connectivity index (χ0n) is 14.2. The SMILES string of the molecule is Cc1nc2nc(-c3ccc(NC(=O)[C@H]4CCOC4)cc3)cn2nc1C. The van der Waals surface area contributed by atoms with Gasteiger partial charge in [0.1, 0.15) is 0 Å². The van der Waals surface area contributed by atoms with Crippen LogP contribution in [-0.4, -0.2) is 38.7 Å². The molecular weight excluding hydrogens is 318 g/mol. The first kappa shape index (κ1) is 15.7. The lowest BCUT2D eigenvalue weighted by molar-refractivity contribution is -0.119. The van der Waals surface area contributed by atoms with E-state index in [1.54, 1.807) is 4.52 Å². The molecule has 2 aromatic heterocycles. The van der Waals surface area contributed by atoms with Crippen molar-refractivity contribution in [3.63, 3.8) is 0 Å². The molecule has 1 aromatic carbocycles. The van der Waals surface area contributed by atoms with Gasteiger partial charge in [0.2, 0.25) is 5.91 Å². The molecule has 1 atom stereocenters. The molecule has 1 fully saturated rings. The molecule has 1 N–H and O–H groups in total. The van der Waals surface area contributed by atoms with E-state index in [1.165, 1.54) is 0 Å². The first-order valence-corrected chi connectivity index (χ1v) is 8.30. The van der Waals surface area contributed by atoms with E-state index in [2.05, 4.69) is 20.4 Å². The van der Waals surface area contributed by atoms with Crippen LogP contribution in [0.5, 0.6) is 0 Å². The number of hydrogen-bond donors (Lipinski definition) is 1. The number of rotatable bonds is 3. The number of amides is 1. The molecule has 0 saturated carbocycles. The highest BCUT2D eigenvalue weighted by molar-refractivity contribution is 5.93. The molecular formula is C18H19N5O2. The summed E-state index contributed by atoms with van der Waals surface area (Å²) in [5, 5.41) is 7.38. The Morgan fingerprint density at radius 3 is 2.72 bits per heavy atom. The smallest absolute Gasteiger partial charge is 0.251 e. The second kappa shape index (κ2) is 6.25. The van der Waals surface area contributed by atoms with Gasteiger partial charge in [0.15, 0.2) is 0 Å². The van der Waals surface area contributed by atoms with Gasteiger partial charge in [-0.05, 0) is 32.4 Å². The normalized spacial score (nSPS) is 17.1. The summed E-state index contributed by atoms with van der Waals surface area (Å²) in [6.07, 6.45) is 2.64. The van der Waals surface area contributed by atoms with Crippen LogP contribution in [0.2, 0.25) is 0 Å². The van der Waals surface area contributed by atoms with Gasteiger partial charge < -0.3 is 10.1 Å². The molecule has 0 radical (unpaired) electrons. The minimum atomic E-state index is -0.0539. The van der Waals surface area contributed by atoms with Crippen LogP contribution in [0, 0.1) is 19.8 Å². The highest BCUT2D eigenvalue weighted by atomic mass is 16.5. The molecule has 0 bridgehead atoms. The van der Waals surface area contributed by atoms with Crippen molar-refractivity contribution in [2.75, 3.05) is 18.5 Å². The summed E-state index contributed by atoms with van der Waals surface area (Å²) in [6.45, 7) is 5.01. The predicted molar refractivity (Wildman–Crippen MR) is 93.2 cm³/mol. The van der Waals surface area contributed by atoms with Crippen molar-refractivity contribution in [3.8, 4) is 11.3 Å². The Hall–Kier alpha value is -2.80. The van der Waals surface area contributed by atoms with Crippen molar-refractivity contribution in [3.05, 3.63) is 41.9 Å². The van der Waals surface area contributed by atoms with Crippen molar-refractivity contribution >= 4 is 17.4 Å². The van der Waals surface area contributed by atoms with Crippen LogP contribution in [0.25, 0.3) is 17.0 Å². The number of anilines is 1. The third kappa shape index (κ3) is 3.10. The lowest BCUT2D eigenvalue weighted by Gasteiger charge is -2.09. The van der Waals surface area contributed by atoms with E-state index in [0.29, 0.717) is 19.0 Å². The van der Waals surface area contributed by atoms with Gasteiger partial charge in [-0.25, -0.2) is 14.5 Å². The Balaban J connectivity index is 1.54. The van der Waals surface area contributed by atoms with Gasteiger partial charge in [0, 0.05) is 17.9 Å². The average Bonchev–Trinajstić information content (AvgIpc) is 3.26. The summed E-state index contributed by atoms with van der Waals surface area (Å²) in [5.74, 6) is 0.538. The van der Waals surface area contributed by atoms with Crippen molar-refractivity contribution in [2.45, 2.75) is 20.3 Å². The van der Waals surface area contributed by atoms with Crippen LogP contribution in [0.1, 0.15) is 17.8 Å². The maximum Gasteiger partial charge on any atom is 0.251 e. The summed E-state index contributed by atoms with van der Waals surface area (Å²) in [7, 11) is 0. The van der Waals surface area contributed by atoms with Gasteiger partial charge in [-0.2, -0.15) is 5.10 Å². The van der Waals surface area contributed by atoms with E-state index in [0.717, 1.165) is 34.8 Å². The largest absolute Gasteiger partial charge is 0.381 e. The van der Waals surface area contributed by atoms with Crippen LogP contribution >= 0.6 is 0 Å². The molecule has 7 nitrogen and oxygen atoms in total. The summed E-state index contributed by atoms with van der Waals surface area (Å²) < 4.78 is 6.94. The second-order valence-corrected chi connectivity index (χ2v) is 6.28. The van der Waals surface area contributed by atoms with Crippen LogP contribution in [-0.2, 0) is 9.53 Å². The van der Waals surface area contributed by atoms with Crippen LogP contribution in [0.3, 0.4) is 0 Å². The lowest BCUT2D eigenvalue weighted by atomic mass is 10.1. The predicted octanol–water partition coefficient (Wildman–Crippen LogP) is 2.38. The van der Waals surface area contributed by atoms with E-state index < -0.39 is 0 Å². The number of nitrogens with one attached hydrogen (secondary N) is 1. The fourth-order valence-electron chi connectivity index (χ4n) is 2.83. The zero-order chi connectivity index (χ0) is 17.4. The van der Waals surface area contributed by atoms with Gasteiger partial charge in [-0.15, -0.1) is 0 Å². The third-order valence-electron chi connectivity index (χ3n) is 4.47. The number of carbonyl (C=O) groups is 1. The van der Waals surface area contributed by atoms with E-state index in [4.69, 9.17) is 4.74 Å². The molecule has 0 spiro atoms. The number of carbonyl (C=O) groups excluding carboxylic acids is 1. The topological polar surface area (TPSA) is 81.4 Å². The van der Waals surface area contributed by atoms with Gasteiger partial charge in [0.25, 0.3) is 5.78 Å². The highest BCUT2D eigenvalue weighted by Crippen LogP contribution is 2.22. The van der Waals surface area contributed by atoms with Crippen molar-refractivity contribution < 1.29 is 9.53 Å². The maximum absolute atomic E-state index is 12.1. The molecule has 1 aliphatic heterocycles. The standard InChI is InChI=1S/C18H19N5O2/c1-11-12(2)22-23-9-16(21-18(23)19-11)13-3-5-15(6-4-13)20-17(24)14-7-8-25-10-14/h3-6,9,14H,7-8,10H2,1-2H3,(H,20,24)/t14-/m0/s1. The Morgan fingerprint density at radius 1 is 1.20 bits per heavy atom. The van der Waals surface area contributed by atoms with Crippen molar-refractivity contribution in [2.24, 2.45) is 5.92 Å². The summed E-state index contributed by atoms with van der Waals surface area (Å²) in [6, 6.07) is 7.62. The zero-order valence-corrected chi connectivity index (χ0v) is 14.2. The number of benzene rings is 1. The molecule has 7 heteroatoms. The van der Waals surface area contributed by atoms with E-state index in [-0.39, 0.29) is 11.8 Å². The monoisotopic (exact) mass is 337 g/mol. The van der Waals surface area contributed by atoms with Crippen LogP contribution < -0.4 is 5.32 Å². The average molecular weight is 337 g/mol. The number of fused-ring (bicyclic) bond motifs is 1. The number of hydrogen-bond acceptors (Lipinski definition) is 5. The Bertz CT molecular complexity index is 888. The molecule has 0 unspecified atom stereocenters. The number of ether oxygens (including phenoxy) is 1. The molecule has 3 heterocycles. The number of nitrogens with zero attached hydrogens (tertiary/aromatic N) is 4. The van der Waals surface area contributed by atoms with Crippen molar-refractivity contribution in [1.82, 2.24) is 19.6 Å². The van der Waals surface area contributed by atoms with Crippen molar-refractivity contribution in [1.29, 1.82) is 0 Å². The molecule has 1 saturated heterocycles. The summed E-state index contributed by atoms with van der Waals surface area (Å²) in [5.41, 5.74) is 4.27. The fourth-order valence-corrected chi connectivity index (χ4v) is 2.83. The Kier molecular flexibility index (Phi) is 3.93. The lowest BCUT2D eigenvalue weighted by Crippen LogP contribution is -2.22. The van der Waals surface area contributed by atoms with E-state index >= 15 is 0 Å². The van der Waals surface area contributed by atoms with E-state index in [1.807, 2.05) is 44.3 Å². The van der Waals surface area contributed by atoms with Crippen LogP contribution in [0.4, 0.5) is 5.69 Å². The Morgan fingerprint density at radius 2 is 2.00 bits per heavy atom. The molecule has 0 aliphatic carbocycles. The Labute approximate surface area is 145 Å². The van der Waals surface area contributed by atoms with Crippen LogP contribution in [0.15, 0.2) is 30.5 Å². The molecule has 1 amide bonds.